The first-order chi connectivity index (χ1) is 14.4. The van der Waals surface area contributed by atoms with Gasteiger partial charge in [0, 0.05) is 19.2 Å². The highest BCUT2D eigenvalue weighted by atomic mass is 35.5. The predicted octanol–water partition coefficient (Wildman–Crippen LogP) is 2.43. The van der Waals surface area contributed by atoms with Gasteiger partial charge >= 0.3 is 17.8 Å². The largest absolute Gasteiger partial charge is 0.497 e. The fourth-order valence-corrected chi connectivity index (χ4v) is 2.62. The van der Waals surface area contributed by atoms with Crippen LogP contribution in [0.15, 0.2) is 39.6 Å². The number of ether oxygens (including phenoxy) is 3. The molecule has 0 amide bonds. The first-order valence-corrected chi connectivity index (χ1v) is 8.63. The molecule has 0 saturated heterocycles. The van der Waals surface area contributed by atoms with Gasteiger partial charge in [-0.1, -0.05) is 11.6 Å². The van der Waals surface area contributed by atoms with Crippen molar-refractivity contribution in [3.63, 3.8) is 0 Å². The SMILES string of the molecule is COC(=O)C=C(COc1cc(-n2c(=O)cc(C(F)(F)F)n(C)c2=O)c(F)cc1Cl)OC. The molecular weight excluding hydrogens is 452 g/mol. The van der Waals surface area contributed by atoms with E-state index in [9.17, 15) is 31.9 Å². The minimum atomic E-state index is -4.97. The molecule has 31 heavy (non-hydrogen) atoms. The van der Waals surface area contributed by atoms with Crippen LogP contribution in [0.2, 0.25) is 5.02 Å². The molecule has 0 N–H and O–H groups in total. The van der Waals surface area contributed by atoms with Gasteiger partial charge in [-0.3, -0.25) is 9.36 Å². The van der Waals surface area contributed by atoms with E-state index in [-0.39, 0.29) is 38.3 Å². The van der Waals surface area contributed by atoms with Crippen LogP contribution in [0.3, 0.4) is 0 Å². The van der Waals surface area contributed by atoms with Crippen molar-refractivity contribution in [2.45, 2.75) is 6.18 Å². The summed E-state index contributed by atoms with van der Waals surface area (Å²) < 4.78 is 68.5. The van der Waals surface area contributed by atoms with Crippen LogP contribution in [0.4, 0.5) is 17.6 Å². The van der Waals surface area contributed by atoms with E-state index in [2.05, 4.69) is 4.74 Å². The summed E-state index contributed by atoms with van der Waals surface area (Å²) >= 11 is 5.91. The van der Waals surface area contributed by atoms with E-state index >= 15 is 0 Å². The Morgan fingerprint density at radius 2 is 1.81 bits per heavy atom. The molecule has 0 bridgehead atoms. The molecule has 2 rings (SSSR count). The Hall–Kier alpha value is -3.28. The van der Waals surface area contributed by atoms with Crippen LogP contribution in [0.1, 0.15) is 5.69 Å². The molecule has 0 fully saturated rings. The summed E-state index contributed by atoms with van der Waals surface area (Å²) in [5, 5.41) is -0.272. The molecule has 1 aromatic carbocycles. The van der Waals surface area contributed by atoms with Gasteiger partial charge in [0.25, 0.3) is 5.56 Å². The highest BCUT2D eigenvalue weighted by Gasteiger charge is 2.35. The standard InChI is InChI=1S/C18H15ClF4N2O6/c1-24-14(18(21,22)23)7-15(26)25(17(24)28)12-6-13(10(19)5-11(12)20)31-8-9(29-2)4-16(27)30-3/h4-7H,8H2,1-3H3. The summed E-state index contributed by atoms with van der Waals surface area (Å²) in [5.41, 5.74) is -5.03. The van der Waals surface area contributed by atoms with Gasteiger partial charge in [-0.2, -0.15) is 13.2 Å². The van der Waals surface area contributed by atoms with Gasteiger partial charge in [0.15, 0.2) is 0 Å². The summed E-state index contributed by atoms with van der Waals surface area (Å²) in [6.45, 7) is -0.379. The number of aromatic nitrogens is 2. The lowest BCUT2D eigenvalue weighted by Gasteiger charge is -2.16. The average molecular weight is 467 g/mol. The molecule has 168 valence electrons. The molecule has 0 aliphatic rings. The van der Waals surface area contributed by atoms with Gasteiger partial charge in [-0.25, -0.2) is 18.5 Å². The number of esters is 1. The lowest BCUT2D eigenvalue weighted by Crippen LogP contribution is -2.41. The molecule has 0 saturated carbocycles. The molecule has 0 spiro atoms. The first kappa shape index (κ1) is 24.0. The number of nitrogens with zero attached hydrogens (tertiary/aromatic N) is 2. The zero-order valence-electron chi connectivity index (χ0n) is 16.3. The smallest absolute Gasteiger partial charge is 0.431 e. The second-order valence-corrected chi connectivity index (χ2v) is 6.31. The zero-order valence-corrected chi connectivity index (χ0v) is 17.0. The Kier molecular flexibility index (Phi) is 7.16. The van der Waals surface area contributed by atoms with Crippen molar-refractivity contribution in [2.75, 3.05) is 20.8 Å². The number of benzene rings is 1. The minimum Gasteiger partial charge on any atom is -0.497 e. The molecule has 13 heteroatoms. The number of carbonyl (C=O) groups is 1. The molecule has 0 atom stereocenters. The van der Waals surface area contributed by atoms with Gasteiger partial charge < -0.3 is 14.2 Å². The zero-order chi connectivity index (χ0) is 23.5. The minimum absolute atomic E-state index is 0.00333. The van der Waals surface area contributed by atoms with Crippen LogP contribution in [0.5, 0.6) is 5.75 Å². The number of halogens is 5. The van der Waals surface area contributed by atoms with Crippen molar-refractivity contribution >= 4 is 17.6 Å². The maximum Gasteiger partial charge on any atom is 0.431 e. The third-order valence-electron chi connectivity index (χ3n) is 3.96. The van der Waals surface area contributed by atoms with Crippen LogP contribution in [-0.4, -0.2) is 35.9 Å². The maximum absolute atomic E-state index is 14.5. The van der Waals surface area contributed by atoms with E-state index in [0.29, 0.717) is 6.07 Å². The van der Waals surface area contributed by atoms with Crippen molar-refractivity contribution in [1.29, 1.82) is 0 Å². The normalized spacial score (nSPS) is 11.9. The second kappa shape index (κ2) is 9.25. The van der Waals surface area contributed by atoms with Gasteiger partial charge in [-0.05, 0) is 6.07 Å². The predicted molar refractivity (Wildman–Crippen MR) is 99.9 cm³/mol. The molecule has 1 aromatic heterocycles. The van der Waals surface area contributed by atoms with Crippen molar-refractivity contribution in [3.05, 3.63) is 67.4 Å². The van der Waals surface area contributed by atoms with Crippen molar-refractivity contribution in [3.8, 4) is 11.4 Å². The average Bonchev–Trinajstić information content (AvgIpc) is 2.69. The maximum atomic E-state index is 14.5. The van der Waals surface area contributed by atoms with Crippen molar-refractivity contribution in [2.24, 2.45) is 7.05 Å². The monoisotopic (exact) mass is 466 g/mol. The third-order valence-corrected chi connectivity index (χ3v) is 4.26. The van der Waals surface area contributed by atoms with Crippen LogP contribution in [0, 0.1) is 5.82 Å². The summed E-state index contributed by atoms with van der Waals surface area (Å²) in [6.07, 6.45) is -4.00. The Balaban J connectivity index is 2.55. The molecular formula is C18H15ClF4N2O6. The molecule has 0 aliphatic heterocycles. The lowest BCUT2D eigenvalue weighted by atomic mass is 10.2. The van der Waals surface area contributed by atoms with Gasteiger partial charge in [-0.15, -0.1) is 0 Å². The first-order valence-electron chi connectivity index (χ1n) is 8.25. The topological polar surface area (TPSA) is 88.8 Å². The Bertz CT molecular complexity index is 1150. The van der Waals surface area contributed by atoms with Crippen LogP contribution in [0.25, 0.3) is 5.69 Å². The van der Waals surface area contributed by atoms with Crippen molar-refractivity contribution in [1.82, 2.24) is 9.13 Å². The summed E-state index contributed by atoms with van der Waals surface area (Å²) in [5.74, 6) is -2.14. The Morgan fingerprint density at radius 1 is 1.16 bits per heavy atom. The molecule has 1 heterocycles. The van der Waals surface area contributed by atoms with Crippen LogP contribution in [-0.2, 0) is 27.5 Å². The quantitative estimate of drug-likeness (QED) is 0.281. The van der Waals surface area contributed by atoms with Crippen LogP contribution >= 0.6 is 11.6 Å². The second-order valence-electron chi connectivity index (χ2n) is 5.90. The summed E-state index contributed by atoms with van der Waals surface area (Å²) in [4.78, 5) is 35.9. The molecule has 8 nitrogen and oxygen atoms in total. The van der Waals surface area contributed by atoms with Crippen LogP contribution < -0.4 is 16.0 Å². The number of alkyl halides is 3. The highest BCUT2D eigenvalue weighted by Crippen LogP contribution is 2.30. The van der Waals surface area contributed by atoms with E-state index < -0.39 is 40.6 Å². The molecule has 2 aromatic rings. The molecule has 0 aliphatic carbocycles. The van der Waals surface area contributed by atoms with E-state index in [1.54, 1.807) is 0 Å². The third kappa shape index (κ3) is 5.26. The number of hydrogen-bond acceptors (Lipinski definition) is 6. The van der Waals surface area contributed by atoms with E-state index in [1.165, 1.54) is 7.11 Å². The van der Waals surface area contributed by atoms with E-state index in [4.69, 9.17) is 21.1 Å². The fraction of sp³-hybridized carbons (Fsp3) is 0.278. The van der Waals surface area contributed by atoms with Gasteiger partial charge in [0.05, 0.1) is 31.0 Å². The Morgan fingerprint density at radius 3 is 2.35 bits per heavy atom. The number of methoxy groups -OCH3 is 2. The summed E-state index contributed by atoms with van der Waals surface area (Å²) in [7, 11) is 3.16. The van der Waals surface area contributed by atoms with Crippen molar-refractivity contribution < 1.29 is 36.6 Å². The van der Waals surface area contributed by atoms with E-state index in [0.717, 1.165) is 26.3 Å². The fourth-order valence-electron chi connectivity index (χ4n) is 2.42. The molecule has 0 unspecified atom stereocenters. The Labute approximate surface area is 176 Å². The number of hydrogen-bond donors (Lipinski definition) is 0. The number of rotatable bonds is 6. The van der Waals surface area contributed by atoms with E-state index in [1.807, 2.05) is 0 Å². The molecule has 0 radical (unpaired) electrons. The lowest BCUT2D eigenvalue weighted by molar-refractivity contribution is -0.144. The van der Waals surface area contributed by atoms with Gasteiger partial charge in [0.1, 0.15) is 29.6 Å². The number of carbonyl (C=O) groups excluding carboxylic acids is 1. The summed E-state index contributed by atoms with van der Waals surface area (Å²) in [6, 6.07) is 1.74. The highest BCUT2D eigenvalue weighted by molar-refractivity contribution is 6.32. The van der Waals surface area contributed by atoms with Gasteiger partial charge in [0.2, 0.25) is 0 Å².